The number of benzene rings is 1. The fourth-order valence-corrected chi connectivity index (χ4v) is 4.56. The summed E-state index contributed by atoms with van der Waals surface area (Å²) >= 11 is 1.48. The van der Waals surface area contributed by atoms with Gasteiger partial charge in [-0.05, 0) is 38.0 Å². The molecule has 3 aromatic rings. The normalized spacial score (nSPS) is 15.4. The second-order valence-corrected chi connectivity index (χ2v) is 8.44. The summed E-state index contributed by atoms with van der Waals surface area (Å²) in [5.41, 5.74) is 1.69. The van der Waals surface area contributed by atoms with Crippen molar-refractivity contribution in [2.24, 2.45) is 0 Å². The molecule has 1 aliphatic heterocycles. The summed E-state index contributed by atoms with van der Waals surface area (Å²) in [4.78, 5) is 20.6. The van der Waals surface area contributed by atoms with Gasteiger partial charge < -0.3 is 14.5 Å². The van der Waals surface area contributed by atoms with Gasteiger partial charge in [-0.1, -0.05) is 18.2 Å². The molecule has 1 aliphatic rings. The Morgan fingerprint density at radius 2 is 2.07 bits per heavy atom. The van der Waals surface area contributed by atoms with E-state index in [-0.39, 0.29) is 11.9 Å². The number of rotatable bonds is 6. The van der Waals surface area contributed by atoms with E-state index < -0.39 is 0 Å². The molecular formula is C22H25N3O3S. The maximum absolute atomic E-state index is 12.7. The molecule has 3 heterocycles. The van der Waals surface area contributed by atoms with Crippen molar-refractivity contribution in [2.75, 3.05) is 20.2 Å². The van der Waals surface area contributed by atoms with Crippen molar-refractivity contribution in [1.82, 2.24) is 15.2 Å². The molecule has 0 spiro atoms. The van der Waals surface area contributed by atoms with Crippen LogP contribution in [0.2, 0.25) is 0 Å². The number of piperidine rings is 1. The minimum absolute atomic E-state index is 0.0975. The first-order valence-corrected chi connectivity index (χ1v) is 10.6. The molecule has 1 amide bonds. The third-order valence-corrected chi connectivity index (χ3v) is 6.24. The Morgan fingerprint density at radius 1 is 1.28 bits per heavy atom. The number of carbonyl (C=O) groups is 1. The van der Waals surface area contributed by atoms with E-state index in [4.69, 9.17) is 9.15 Å². The topological polar surface area (TPSA) is 67.6 Å². The number of carbonyl (C=O) groups excluding carboxylic acids is 1. The molecule has 152 valence electrons. The van der Waals surface area contributed by atoms with Crippen molar-refractivity contribution in [3.05, 3.63) is 58.8 Å². The highest BCUT2D eigenvalue weighted by Gasteiger charge is 2.24. The van der Waals surface area contributed by atoms with Gasteiger partial charge in [-0.15, -0.1) is 11.3 Å². The molecule has 29 heavy (non-hydrogen) atoms. The molecule has 4 rings (SSSR count). The number of nitrogens with zero attached hydrogens (tertiary/aromatic N) is 2. The predicted octanol–water partition coefficient (Wildman–Crippen LogP) is 4.11. The number of para-hydroxylation sites is 1. The fraction of sp³-hybridized carbons (Fsp3) is 0.364. The van der Waals surface area contributed by atoms with E-state index >= 15 is 0 Å². The van der Waals surface area contributed by atoms with Crippen LogP contribution in [0.1, 0.15) is 33.8 Å². The highest BCUT2D eigenvalue weighted by molar-refractivity contribution is 7.15. The summed E-state index contributed by atoms with van der Waals surface area (Å²) in [7, 11) is 1.71. The number of aromatic nitrogens is 1. The summed E-state index contributed by atoms with van der Waals surface area (Å²) in [6, 6.07) is 12.0. The van der Waals surface area contributed by atoms with Gasteiger partial charge in [0.05, 0.1) is 13.4 Å². The number of hydrogen-bond donors (Lipinski definition) is 1. The van der Waals surface area contributed by atoms with Crippen molar-refractivity contribution in [2.45, 2.75) is 32.4 Å². The van der Waals surface area contributed by atoms with Gasteiger partial charge in [0.15, 0.2) is 10.8 Å². The lowest BCUT2D eigenvalue weighted by atomic mass is 10.0. The van der Waals surface area contributed by atoms with Gasteiger partial charge in [0.25, 0.3) is 5.91 Å². The molecule has 0 atom stereocenters. The van der Waals surface area contributed by atoms with Crippen molar-refractivity contribution < 1.29 is 13.9 Å². The largest absolute Gasteiger partial charge is 0.496 e. The molecule has 0 saturated carbocycles. The van der Waals surface area contributed by atoms with Crippen molar-refractivity contribution in [3.63, 3.8) is 0 Å². The van der Waals surface area contributed by atoms with Crippen LogP contribution >= 0.6 is 11.3 Å². The van der Waals surface area contributed by atoms with E-state index in [1.165, 1.54) is 16.9 Å². The molecule has 1 aromatic carbocycles. The zero-order chi connectivity index (χ0) is 20.2. The summed E-state index contributed by atoms with van der Waals surface area (Å²) in [5, 5.41) is 3.90. The molecule has 0 radical (unpaired) electrons. The van der Waals surface area contributed by atoms with E-state index in [0.29, 0.717) is 11.5 Å². The quantitative estimate of drug-likeness (QED) is 0.661. The van der Waals surface area contributed by atoms with Gasteiger partial charge in [-0.2, -0.15) is 0 Å². The van der Waals surface area contributed by atoms with Crippen LogP contribution in [-0.4, -0.2) is 42.0 Å². The van der Waals surface area contributed by atoms with Gasteiger partial charge >= 0.3 is 0 Å². The number of aryl methyl sites for hydroxylation is 1. The highest BCUT2D eigenvalue weighted by Crippen LogP contribution is 2.28. The lowest BCUT2D eigenvalue weighted by Crippen LogP contribution is -2.44. The van der Waals surface area contributed by atoms with E-state index in [1.54, 1.807) is 13.4 Å². The van der Waals surface area contributed by atoms with Crippen LogP contribution in [0, 0.1) is 6.92 Å². The van der Waals surface area contributed by atoms with Crippen molar-refractivity contribution in [3.8, 4) is 16.5 Å². The monoisotopic (exact) mass is 411 g/mol. The lowest BCUT2D eigenvalue weighted by Gasteiger charge is -2.32. The molecule has 0 unspecified atom stereocenters. The number of hydrogen-bond acceptors (Lipinski definition) is 6. The Morgan fingerprint density at radius 3 is 2.79 bits per heavy atom. The van der Waals surface area contributed by atoms with Gasteiger partial charge in [0, 0.05) is 36.1 Å². The Hall–Kier alpha value is -2.64. The first-order chi connectivity index (χ1) is 14.1. The second kappa shape index (κ2) is 8.80. The van der Waals surface area contributed by atoms with Crippen LogP contribution in [0.3, 0.4) is 0 Å². The van der Waals surface area contributed by atoms with Crippen molar-refractivity contribution >= 4 is 17.2 Å². The molecular weight excluding hydrogens is 386 g/mol. The summed E-state index contributed by atoms with van der Waals surface area (Å²) in [6.45, 7) is 4.67. The number of furan rings is 1. The van der Waals surface area contributed by atoms with Crippen LogP contribution in [0.15, 0.2) is 47.1 Å². The smallest absolute Gasteiger partial charge is 0.271 e. The van der Waals surface area contributed by atoms with Crippen LogP contribution in [-0.2, 0) is 6.54 Å². The van der Waals surface area contributed by atoms with Crippen LogP contribution < -0.4 is 10.1 Å². The number of thiazole rings is 1. The van der Waals surface area contributed by atoms with E-state index in [2.05, 4.69) is 21.3 Å². The average molecular weight is 412 g/mol. The first-order valence-electron chi connectivity index (χ1n) is 9.80. The highest BCUT2D eigenvalue weighted by atomic mass is 32.1. The van der Waals surface area contributed by atoms with Crippen molar-refractivity contribution in [1.29, 1.82) is 0 Å². The molecule has 6 nitrogen and oxygen atoms in total. The number of methoxy groups -OCH3 is 1. The third-order valence-electron chi connectivity index (χ3n) is 5.25. The number of ether oxygens (including phenoxy) is 1. The summed E-state index contributed by atoms with van der Waals surface area (Å²) < 4.78 is 10.8. The molecule has 1 N–H and O–H groups in total. The van der Waals surface area contributed by atoms with E-state index in [1.807, 2.05) is 37.3 Å². The maximum Gasteiger partial charge on any atom is 0.271 e. The van der Waals surface area contributed by atoms with Gasteiger partial charge in [0.1, 0.15) is 11.4 Å². The Labute approximate surface area is 174 Å². The summed E-state index contributed by atoms with van der Waals surface area (Å²) in [6.07, 6.45) is 3.47. The first kappa shape index (κ1) is 19.7. The zero-order valence-electron chi connectivity index (χ0n) is 16.7. The summed E-state index contributed by atoms with van der Waals surface area (Å²) in [5.74, 6) is 1.52. The van der Waals surface area contributed by atoms with Crippen LogP contribution in [0.4, 0.5) is 0 Å². The van der Waals surface area contributed by atoms with Crippen LogP contribution in [0.25, 0.3) is 10.8 Å². The average Bonchev–Trinajstić information content (AvgIpc) is 3.39. The Bertz CT molecular complexity index is 960. The number of likely N-dealkylation sites (tertiary alicyclic amines) is 1. The zero-order valence-corrected chi connectivity index (χ0v) is 17.5. The fourth-order valence-electron chi connectivity index (χ4n) is 3.68. The van der Waals surface area contributed by atoms with E-state index in [0.717, 1.165) is 48.1 Å². The minimum Gasteiger partial charge on any atom is -0.496 e. The molecule has 2 aromatic heterocycles. The third kappa shape index (κ3) is 4.52. The molecule has 1 fully saturated rings. The standard InChI is InChI=1S/C22H25N3O3S/c1-15-20(24-22(29-15)19-8-5-13-28-19)21(26)23-17-9-11-25(12-10-17)14-16-6-3-4-7-18(16)27-2/h3-8,13,17H,9-12,14H2,1-2H3,(H,23,26). The number of nitrogens with one attached hydrogen (secondary N) is 1. The van der Waals surface area contributed by atoms with Gasteiger partial charge in [0.2, 0.25) is 0 Å². The molecule has 7 heteroatoms. The molecule has 1 saturated heterocycles. The molecule has 0 aliphatic carbocycles. The van der Waals surface area contributed by atoms with Gasteiger partial charge in [-0.25, -0.2) is 4.98 Å². The Balaban J connectivity index is 1.32. The lowest BCUT2D eigenvalue weighted by molar-refractivity contribution is 0.0904. The second-order valence-electron chi connectivity index (χ2n) is 7.24. The number of amides is 1. The van der Waals surface area contributed by atoms with Gasteiger partial charge in [-0.3, -0.25) is 9.69 Å². The van der Waals surface area contributed by atoms with E-state index in [9.17, 15) is 4.79 Å². The molecule has 0 bridgehead atoms. The minimum atomic E-state index is -0.0975. The predicted molar refractivity (Wildman–Crippen MR) is 113 cm³/mol. The SMILES string of the molecule is COc1ccccc1CN1CCC(NC(=O)c2nc(-c3ccco3)sc2C)CC1. The van der Waals surface area contributed by atoms with Crippen LogP contribution in [0.5, 0.6) is 5.75 Å². The maximum atomic E-state index is 12.7. The Kier molecular flexibility index (Phi) is 5.97.